The summed E-state index contributed by atoms with van der Waals surface area (Å²) in [5, 5.41) is 10.3. The van der Waals surface area contributed by atoms with Crippen LogP contribution in [0.1, 0.15) is 72.4 Å². The van der Waals surface area contributed by atoms with E-state index < -0.39 is 53.8 Å². The van der Waals surface area contributed by atoms with Crippen LogP contribution in [-0.4, -0.2) is 72.1 Å². The van der Waals surface area contributed by atoms with E-state index in [1.807, 2.05) is 10.9 Å². The van der Waals surface area contributed by atoms with E-state index in [9.17, 15) is 32.3 Å². The molecule has 0 bridgehead atoms. The smallest absolute Gasteiger partial charge is 0.321 e. The number of rotatable bonds is 7. The fraction of sp³-hybridized carbons (Fsp3) is 0.385. The molecule has 3 aliphatic rings. The SMILES string of the molecule is Cn1c(=O)n(C2CCC(=O)NC2=O)c2ccc(C3=CCN(CC4CCC(n5cc6cc(NC(=O)c7cccc(C(F)(F)F)n7)ccc6n5)CC4)CC3(F)F)cc21. The number of anilines is 1. The molecule has 5 heterocycles. The number of pyridine rings is 1. The van der Waals surface area contributed by atoms with Crippen LogP contribution in [0.5, 0.6) is 0 Å². The van der Waals surface area contributed by atoms with Gasteiger partial charge < -0.3 is 5.32 Å². The summed E-state index contributed by atoms with van der Waals surface area (Å²) in [4.78, 5) is 55.2. The largest absolute Gasteiger partial charge is 0.433 e. The summed E-state index contributed by atoms with van der Waals surface area (Å²) in [5.74, 6) is -4.67. The van der Waals surface area contributed by atoms with Gasteiger partial charge in [0.25, 0.3) is 11.8 Å². The Labute approximate surface area is 316 Å². The number of carbonyl (C=O) groups excluding carboxylic acids is 3. The molecule has 12 nitrogen and oxygen atoms in total. The molecule has 1 aliphatic carbocycles. The van der Waals surface area contributed by atoms with Crippen LogP contribution in [0.3, 0.4) is 0 Å². The fourth-order valence-corrected chi connectivity index (χ4v) is 8.21. The number of hydrogen-bond donors (Lipinski definition) is 2. The first kappa shape index (κ1) is 37.2. The molecule has 56 heavy (non-hydrogen) atoms. The highest BCUT2D eigenvalue weighted by Crippen LogP contribution is 2.39. The van der Waals surface area contributed by atoms with Crippen molar-refractivity contribution in [3.05, 3.63) is 94.3 Å². The van der Waals surface area contributed by atoms with Crippen molar-refractivity contribution in [3.8, 4) is 0 Å². The number of carbonyl (C=O) groups is 3. The zero-order chi connectivity index (χ0) is 39.5. The van der Waals surface area contributed by atoms with E-state index in [1.54, 1.807) is 47.4 Å². The van der Waals surface area contributed by atoms with Crippen molar-refractivity contribution in [1.82, 2.24) is 34.1 Å². The number of imide groups is 1. The van der Waals surface area contributed by atoms with Crippen LogP contribution < -0.4 is 16.3 Å². The summed E-state index contributed by atoms with van der Waals surface area (Å²) >= 11 is 0. The lowest BCUT2D eigenvalue weighted by Crippen LogP contribution is -2.44. The molecule has 1 saturated carbocycles. The third-order valence-electron chi connectivity index (χ3n) is 11.1. The van der Waals surface area contributed by atoms with E-state index >= 15 is 8.78 Å². The number of amides is 3. The molecule has 3 amide bonds. The van der Waals surface area contributed by atoms with Crippen molar-refractivity contribution >= 4 is 50.9 Å². The van der Waals surface area contributed by atoms with Crippen LogP contribution in [-0.2, 0) is 22.8 Å². The Bertz CT molecular complexity index is 2480. The number of benzene rings is 2. The molecular weight excluding hydrogens is 739 g/mol. The lowest BCUT2D eigenvalue weighted by atomic mass is 9.85. The molecule has 292 valence electrons. The van der Waals surface area contributed by atoms with E-state index in [-0.39, 0.29) is 36.1 Å². The molecule has 1 atom stereocenters. The molecule has 2 aliphatic heterocycles. The van der Waals surface area contributed by atoms with Crippen molar-refractivity contribution in [2.45, 2.75) is 62.7 Å². The number of nitrogens with one attached hydrogen (secondary N) is 2. The number of piperidine rings is 1. The maximum Gasteiger partial charge on any atom is 0.433 e. The molecule has 17 heteroatoms. The van der Waals surface area contributed by atoms with Crippen molar-refractivity contribution in [3.63, 3.8) is 0 Å². The van der Waals surface area contributed by atoms with Gasteiger partial charge in [-0.15, -0.1) is 0 Å². The second-order valence-corrected chi connectivity index (χ2v) is 14.8. The first-order valence-electron chi connectivity index (χ1n) is 18.3. The number of aryl methyl sites for hydroxylation is 1. The molecule has 5 aromatic rings. The Kier molecular flexibility index (Phi) is 9.37. The number of fused-ring (bicyclic) bond motifs is 2. The van der Waals surface area contributed by atoms with Gasteiger partial charge in [-0.05, 0) is 86.1 Å². The molecule has 2 fully saturated rings. The topological polar surface area (TPSA) is 136 Å². The zero-order valence-corrected chi connectivity index (χ0v) is 30.2. The maximum absolute atomic E-state index is 15.8. The van der Waals surface area contributed by atoms with Gasteiger partial charge in [-0.25, -0.2) is 9.78 Å². The highest BCUT2D eigenvalue weighted by Gasteiger charge is 2.41. The van der Waals surface area contributed by atoms with E-state index in [0.29, 0.717) is 40.9 Å². The number of imidazole rings is 1. The standard InChI is InChI=1S/C39H37F5N8O4/c1-49-32-18-23(7-12-30(32)52(37(49)56)31-13-14-34(53)47-36(31)55)27-15-16-50(21-38(27,40)41)19-22-5-9-26(10-6-22)51-20-24-17-25(8-11-28(24)48-51)45-35(54)29-3-2-4-33(46-29)39(42,43)44/h2-4,7-8,11-12,15,17-18,20,22,26,31H,5-6,9-10,13-14,16,19,21H2,1H3,(H,45,54)(H,47,53,55). The highest BCUT2D eigenvalue weighted by atomic mass is 19.4. The van der Waals surface area contributed by atoms with E-state index in [0.717, 1.165) is 43.2 Å². The third kappa shape index (κ3) is 7.10. The quantitative estimate of drug-likeness (QED) is 0.151. The summed E-state index contributed by atoms with van der Waals surface area (Å²) in [5.41, 5.74) is 0.129. The monoisotopic (exact) mass is 776 g/mol. The Hall–Kier alpha value is -5.71. The Morgan fingerprint density at radius 3 is 2.50 bits per heavy atom. The second kappa shape index (κ2) is 14.1. The van der Waals surface area contributed by atoms with Crippen molar-refractivity contribution in [2.24, 2.45) is 13.0 Å². The number of hydrogen-bond acceptors (Lipinski definition) is 7. The minimum Gasteiger partial charge on any atom is -0.321 e. The summed E-state index contributed by atoms with van der Waals surface area (Å²) in [6, 6.07) is 12.1. The number of alkyl halides is 5. The van der Waals surface area contributed by atoms with Gasteiger partial charge in [-0.2, -0.15) is 27.1 Å². The minimum absolute atomic E-state index is 0.0935. The predicted molar refractivity (Wildman–Crippen MR) is 196 cm³/mol. The van der Waals surface area contributed by atoms with Crippen LogP contribution in [0.4, 0.5) is 27.6 Å². The average Bonchev–Trinajstić information content (AvgIpc) is 3.69. The van der Waals surface area contributed by atoms with Crippen molar-refractivity contribution in [1.29, 1.82) is 0 Å². The molecular formula is C39H37F5N8O4. The van der Waals surface area contributed by atoms with Crippen molar-refractivity contribution in [2.75, 3.05) is 25.0 Å². The maximum atomic E-state index is 15.8. The predicted octanol–water partition coefficient (Wildman–Crippen LogP) is 6.10. The van der Waals surface area contributed by atoms with Crippen molar-refractivity contribution < 1.29 is 36.3 Å². The van der Waals surface area contributed by atoms with Gasteiger partial charge in [0.15, 0.2) is 0 Å². The molecule has 0 spiro atoms. The van der Waals surface area contributed by atoms with Crippen LogP contribution >= 0.6 is 0 Å². The number of nitrogens with zero attached hydrogens (tertiary/aromatic N) is 6. The third-order valence-corrected chi connectivity index (χ3v) is 11.1. The first-order valence-corrected chi connectivity index (χ1v) is 18.3. The van der Waals surface area contributed by atoms with Gasteiger partial charge in [0, 0.05) is 49.4 Å². The van der Waals surface area contributed by atoms with E-state index in [4.69, 9.17) is 5.10 Å². The molecule has 1 saturated heterocycles. The lowest BCUT2D eigenvalue weighted by molar-refractivity contribution is -0.141. The van der Waals surface area contributed by atoms with Crippen LogP contribution in [0.15, 0.2) is 71.7 Å². The van der Waals surface area contributed by atoms with E-state index in [2.05, 4.69) is 15.6 Å². The summed E-state index contributed by atoms with van der Waals surface area (Å²) in [6.45, 7) is 0.409. The number of aromatic nitrogens is 5. The van der Waals surface area contributed by atoms with Gasteiger partial charge >= 0.3 is 11.9 Å². The van der Waals surface area contributed by atoms with Gasteiger partial charge in [0.1, 0.15) is 17.4 Å². The Morgan fingerprint density at radius 2 is 1.77 bits per heavy atom. The molecule has 8 rings (SSSR count). The molecule has 2 N–H and O–H groups in total. The summed E-state index contributed by atoms with van der Waals surface area (Å²) in [6.07, 6.45) is 2.25. The average molecular weight is 777 g/mol. The summed E-state index contributed by atoms with van der Waals surface area (Å²) in [7, 11) is 1.53. The fourth-order valence-electron chi connectivity index (χ4n) is 8.21. The molecule has 1 unspecified atom stereocenters. The number of halogens is 5. The van der Waals surface area contributed by atoms with Crippen LogP contribution in [0.2, 0.25) is 0 Å². The minimum atomic E-state index is -4.67. The molecule has 3 aromatic heterocycles. The van der Waals surface area contributed by atoms with Gasteiger partial charge in [-0.1, -0.05) is 18.2 Å². The molecule has 0 radical (unpaired) electrons. The Morgan fingerprint density at radius 1 is 0.982 bits per heavy atom. The van der Waals surface area contributed by atoms with Gasteiger partial charge in [-0.3, -0.25) is 38.4 Å². The van der Waals surface area contributed by atoms with Gasteiger partial charge in [0.05, 0.1) is 29.1 Å². The highest BCUT2D eigenvalue weighted by molar-refractivity contribution is 6.04. The lowest BCUT2D eigenvalue weighted by Gasteiger charge is -2.37. The van der Waals surface area contributed by atoms with Gasteiger partial charge in [0.2, 0.25) is 11.8 Å². The molecule has 2 aromatic carbocycles. The summed E-state index contributed by atoms with van der Waals surface area (Å²) < 4.78 is 75.3. The van der Waals surface area contributed by atoms with Crippen LogP contribution in [0, 0.1) is 5.92 Å². The zero-order valence-electron chi connectivity index (χ0n) is 30.2. The van der Waals surface area contributed by atoms with Crippen LogP contribution in [0.25, 0.3) is 27.5 Å². The normalized spacial score (nSPS) is 22.0. The first-order chi connectivity index (χ1) is 26.6. The Balaban J connectivity index is 0.890. The second-order valence-electron chi connectivity index (χ2n) is 14.8. The van der Waals surface area contributed by atoms with E-state index in [1.165, 1.54) is 22.2 Å².